The number of halogens is 1. The Kier molecular flexibility index (Phi) is 9.81. The summed E-state index contributed by atoms with van der Waals surface area (Å²) in [4.78, 5) is 28.3. The summed E-state index contributed by atoms with van der Waals surface area (Å²) in [7, 11) is 3.67. The van der Waals surface area contributed by atoms with Crippen molar-refractivity contribution in [2.24, 2.45) is 0 Å². The molecule has 0 spiro atoms. The molecule has 2 aromatic carbocycles. The Bertz CT molecular complexity index is 1550. The molecular weight excluding hydrogens is 556 g/mol. The van der Waals surface area contributed by atoms with Crippen molar-refractivity contribution in [2.45, 2.75) is 25.5 Å². The van der Waals surface area contributed by atoms with Crippen LogP contribution in [0.1, 0.15) is 18.5 Å². The maximum absolute atomic E-state index is 12.9. The molecule has 5 rings (SSSR count). The van der Waals surface area contributed by atoms with Crippen molar-refractivity contribution in [3.63, 3.8) is 0 Å². The molecule has 42 heavy (non-hydrogen) atoms. The van der Waals surface area contributed by atoms with Crippen molar-refractivity contribution in [2.75, 3.05) is 44.5 Å². The topological polar surface area (TPSA) is 111 Å². The second-order valence-corrected chi connectivity index (χ2v) is 10.2. The molecule has 1 fully saturated rings. The molecule has 11 heteroatoms. The van der Waals surface area contributed by atoms with E-state index >= 15 is 0 Å². The van der Waals surface area contributed by atoms with E-state index in [2.05, 4.69) is 37.5 Å². The number of carbonyl (C=O) groups is 1. The second kappa shape index (κ2) is 14.1. The van der Waals surface area contributed by atoms with Crippen molar-refractivity contribution in [3.05, 3.63) is 83.9 Å². The molecule has 0 radical (unpaired) electrons. The summed E-state index contributed by atoms with van der Waals surface area (Å²) >= 11 is 6.55. The molecule has 10 nitrogen and oxygen atoms in total. The van der Waals surface area contributed by atoms with Crippen LogP contribution in [-0.2, 0) is 16.1 Å². The standard InChI is InChI=1S/C31H33ClN6O4/c1-38-15-5-7-23(38)9-13-28(39)37-26-11-10-25-29(30(26)41-17-16-40-2)31(35-20-34-25)36-21-8-12-27(24(32)18-21)42-19-22-6-3-4-14-33-22/h3-4,6,8-14,18,20,23H,5,7,15-17,19H2,1-2H3,(H,37,39)(H,34,35,36)/b13-9+. The summed E-state index contributed by atoms with van der Waals surface area (Å²) in [6, 6.07) is 14.9. The molecule has 1 aliphatic heterocycles. The third-order valence-corrected chi connectivity index (χ3v) is 7.19. The van der Waals surface area contributed by atoms with Gasteiger partial charge in [0, 0.05) is 31.1 Å². The number of likely N-dealkylation sites (tertiary alicyclic amines) is 1. The molecule has 1 aliphatic rings. The highest BCUT2D eigenvalue weighted by molar-refractivity contribution is 6.32. The monoisotopic (exact) mass is 588 g/mol. The fourth-order valence-corrected chi connectivity index (χ4v) is 4.95. The second-order valence-electron chi connectivity index (χ2n) is 9.82. The van der Waals surface area contributed by atoms with E-state index in [1.54, 1.807) is 37.6 Å². The number of amides is 1. The lowest BCUT2D eigenvalue weighted by Crippen LogP contribution is -2.23. The van der Waals surface area contributed by atoms with Gasteiger partial charge >= 0.3 is 0 Å². The Balaban J connectivity index is 1.39. The van der Waals surface area contributed by atoms with Gasteiger partial charge in [-0.1, -0.05) is 23.7 Å². The van der Waals surface area contributed by atoms with E-state index in [0.29, 0.717) is 57.8 Å². The third kappa shape index (κ3) is 7.33. The molecule has 0 bridgehead atoms. The minimum Gasteiger partial charge on any atom is -0.488 e. The van der Waals surface area contributed by atoms with E-state index in [-0.39, 0.29) is 18.6 Å². The number of pyridine rings is 1. The van der Waals surface area contributed by atoms with Gasteiger partial charge in [0.2, 0.25) is 5.91 Å². The molecule has 1 unspecified atom stereocenters. The average molecular weight is 589 g/mol. The molecule has 1 saturated heterocycles. The Labute approximate surface area is 249 Å². The number of benzene rings is 2. The Morgan fingerprint density at radius 1 is 1.12 bits per heavy atom. The minimum absolute atomic E-state index is 0.245. The van der Waals surface area contributed by atoms with Crippen LogP contribution in [0.2, 0.25) is 5.02 Å². The van der Waals surface area contributed by atoms with E-state index in [0.717, 1.165) is 25.1 Å². The van der Waals surface area contributed by atoms with Crippen molar-refractivity contribution in [1.29, 1.82) is 0 Å². The van der Waals surface area contributed by atoms with Crippen LogP contribution in [0, 0.1) is 0 Å². The van der Waals surface area contributed by atoms with E-state index < -0.39 is 0 Å². The number of fused-ring (bicyclic) bond motifs is 1. The van der Waals surface area contributed by atoms with Crippen molar-refractivity contribution in [3.8, 4) is 11.5 Å². The van der Waals surface area contributed by atoms with Crippen LogP contribution in [0.25, 0.3) is 10.9 Å². The highest BCUT2D eigenvalue weighted by Gasteiger charge is 2.19. The summed E-state index contributed by atoms with van der Waals surface area (Å²) in [5.74, 6) is 1.22. The number of nitrogens with zero attached hydrogens (tertiary/aromatic N) is 4. The quantitative estimate of drug-likeness (QED) is 0.161. The van der Waals surface area contributed by atoms with Crippen molar-refractivity contribution in [1.82, 2.24) is 19.9 Å². The molecule has 4 aromatic rings. The first-order valence-corrected chi connectivity index (χ1v) is 14.1. The van der Waals surface area contributed by atoms with Gasteiger partial charge in [0.05, 0.1) is 33.9 Å². The fourth-order valence-electron chi connectivity index (χ4n) is 4.71. The summed E-state index contributed by atoms with van der Waals surface area (Å²) < 4.78 is 17.2. The fraction of sp³-hybridized carbons (Fsp3) is 0.290. The van der Waals surface area contributed by atoms with Gasteiger partial charge in [-0.15, -0.1) is 0 Å². The maximum Gasteiger partial charge on any atom is 0.248 e. The van der Waals surface area contributed by atoms with Crippen LogP contribution in [0.15, 0.2) is 73.2 Å². The first-order valence-electron chi connectivity index (χ1n) is 13.7. The highest BCUT2D eigenvalue weighted by atomic mass is 35.5. The lowest BCUT2D eigenvalue weighted by molar-refractivity contribution is -0.112. The Morgan fingerprint density at radius 2 is 2.02 bits per heavy atom. The molecule has 1 amide bonds. The normalized spacial score (nSPS) is 15.3. The highest BCUT2D eigenvalue weighted by Crippen LogP contribution is 2.38. The van der Waals surface area contributed by atoms with E-state index in [9.17, 15) is 4.79 Å². The zero-order chi connectivity index (χ0) is 29.3. The number of likely N-dealkylation sites (N-methyl/N-ethyl adjacent to an activating group) is 1. The maximum atomic E-state index is 12.9. The van der Waals surface area contributed by atoms with Gasteiger partial charge < -0.3 is 24.8 Å². The number of carbonyl (C=O) groups excluding carboxylic acids is 1. The minimum atomic E-state index is -0.245. The van der Waals surface area contributed by atoms with Crippen molar-refractivity contribution >= 4 is 45.6 Å². The predicted octanol–water partition coefficient (Wildman–Crippen LogP) is 5.61. The summed E-state index contributed by atoms with van der Waals surface area (Å²) in [6.07, 6.45) is 8.87. The van der Waals surface area contributed by atoms with Crippen LogP contribution in [0.4, 0.5) is 17.2 Å². The summed E-state index contributed by atoms with van der Waals surface area (Å²) in [5.41, 5.74) is 2.63. The van der Waals surface area contributed by atoms with Crippen LogP contribution < -0.4 is 20.1 Å². The van der Waals surface area contributed by atoms with Crippen molar-refractivity contribution < 1.29 is 19.0 Å². The molecule has 2 N–H and O–H groups in total. The van der Waals surface area contributed by atoms with Crippen LogP contribution in [0.5, 0.6) is 11.5 Å². The molecule has 2 aromatic heterocycles. The van der Waals surface area contributed by atoms with Gasteiger partial charge in [0.25, 0.3) is 0 Å². The molecule has 0 saturated carbocycles. The van der Waals surface area contributed by atoms with Gasteiger partial charge in [0.1, 0.15) is 31.1 Å². The number of hydrogen-bond acceptors (Lipinski definition) is 9. The number of rotatable bonds is 12. The number of hydrogen-bond donors (Lipinski definition) is 2. The number of methoxy groups -OCH3 is 1. The zero-order valence-corrected chi connectivity index (χ0v) is 24.3. The molecular formula is C31H33ClN6O4. The number of ether oxygens (including phenoxy) is 3. The van der Waals surface area contributed by atoms with Crippen LogP contribution in [-0.4, -0.2) is 65.7 Å². The molecule has 218 valence electrons. The van der Waals surface area contributed by atoms with Gasteiger partial charge in [-0.3, -0.25) is 14.7 Å². The number of nitrogens with one attached hydrogen (secondary N) is 2. The predicted molar refractivity (Wildman–Crippen MR) is 164 cm³/mol. The smallest absolute Gasteiger partial charge is 0.248 e. The van der Waals surface area contributed by atoms with Gasteiger partial charge in [-0.2, -0.15) is 0 Å². The zero-order valence-electron chi connectivity index (χ0n) is 23.5. The first kappa shape index (κ1) is 29.2. The lowest BCUT2D eigenvalue weighted by Gasteiger charge is -2.17. The van der Waals surface area contributed by atoms with E-state index in [4.69, 9.17) is 25.8 Å². The van der Waals surface area contributed by atoms with Gasteiger partial charge in [-0.05, 0) is 68.9 Å². The van der Waals surface area contributed by atoms with E-state index in [1.165, 1.54) is 6.33 Å². The molecule has 1 atom stereocenters. The third-order valence-electron chi connectivity index (χ3n) is 6.89. The number of anilines is 3. The van der Waals surface area contributed by atoms with Gasteiger partial charge in [0.15, 0.2) is 5.75 Å². The first-order chi connectivity index (χ1) is 20.5. The summed E-state index contributed by atoms with van der Waals surface area (Å²) in [6.45, 7) is 1.96. The number of aromatic nitrogens is 3. The van der Waals surface area contributed by atoms with Gasteiger partial charge in [-0.25, -0.2) is 9.97 Å². The Hall–Kier alpha value is -4.25. The van der Waals surface area contributed by atoms with Crippen LogP contribution >= 0.6 is 11.6 Å². The van der Waals surface area contributed by atoms with E-state index in [1.807, 2.05) is 36.4 Å². The molecule has 0 aliphatic carbocycles. The largest absolute Gasteiger partial charge is 0.488 e. The average Bonchev–Trinajstić information content (AvgIpc) is 3.41. The molecule has 3 heterocycles. The SMILES string of the molecule is COCCOc1c(NC(=O)/C=C/C2CCCN2C)ccc2ncnc(Nc3ccc(OCc4ccccn4)c(Cl)c3)c12. The lowest BCUT2D eigenvalue weighted by atomic mass is 10.1. The summed E-state index contributed by atoms with van der Waals surface area (Å²) in [5, 5.41) is 7.33. The Morgan fingerprint density at radius 3 is 2.79 bits per heavy atom. The van der Waals surface area contributed by atoms with Crippen LogP contribution in [0.3, 0.4) is 0 Å².